The largest absolute Gasteiger partial charge is 0.480 e. The van der Waals surface area contributed by atoms with Crippen molar-refractivity contribution in [2.75, 3.05) is 40.0 Å². The fourth-order valence-corrected chi connectivity index (χ4v) is 2.85. The van der Waals surface area contributed by atoms with Gasteiger partial charge in [-0.05, 0) is 25.7 Å². The highest BCUT2D eigenvalue weighted by Gasteiger charge is 2.29. The van der Waals surface area contributed by atoms with Crippen LogP contribution < -0.4 is 0 Å². The van der Waals surface area contributed by atoms with Gasteiger partial charge < -0.3 is 24.4 Å². The van der Waals surface area contributed by atoms with Crippen LogP contribution in [0.1, 0.15) is 25.7 Å². The summed E-state index contributed by atoms with van der Waals surface area (Å²) in [7, 11) is 1.85. The minimum absolute atomic E-state index is 0.0542. The van der Waals surface area contributed by atoms with E-state index in [1.54, 1.807) is 0 Å². The van der Waals surface area contributed by atoms with Crippen LogP contribution in [0, 0.1) is 0 Å². The van der Waals surface area contributed by atoms with Crippen LogP contribution in [0.5, 0.6) is 0 Å². The number of rotatable bonds is 4. The lowest BCUT2D eigenvalue weighted by Gasteiger charge is -2.38. The van der Waals surface area contributed by atoms with Gasteiger partial charge in [-0.3, -0.25) is 0 Å². The normalized spacial score (nSPS) is 21.3. The average molecular weight is 300 g/mol. The summed E-state index contributed by atoms with van der Waals surface area (Å²) in [5, 5.41) is 8.59. The second-order valence-corrected chi connectivity index (χ2v) is 5.63. The van der Waals surface area contributed by atoms with Gasteiger partial charge in [-0.25, -0.2) is 9.59 Å². The third-order valence-corrected chi connectivity index (χ3v) is 4.20. The van der Waals surface area contributed by atoms with Crippen LogP contribution in [0.4, 0.5) is 4.79 Å². The van der Waals surface area contributed by atoms with Crippen molar-refractivity contribution < 1.29 is 24.2 Å². The molecule has 2 saturated heterocycles. The van der Waals surface area contributed by atoms with Gasteiger partial charge in [0.2, 0.25) is 0 Å². The Balaban J connectivity index is 1.75. The van der Waals surface area contributed by atoms with E-state index in [2.05, 4.69) is 0 Å². The number of likely N-dealkylation sites (tertiary alicyclic amines) is 1. The Kier molecular flexibility index (Phi) is 5.81. The molecule has 0 aromatic rings. The number of nitrogens with zero attached hydrogens (tertiary/aromatic N) is 2. The zero-order valence-corrected chi connectivity index (χ0v) is 12.5. The summed E-state index contributed by atoms with van der Waals surface area (Å²) in [4.78, 5) is 26.6. The molecular weight excluding hydrogens is 276 g/mol. The van der Waals surface area contributed by atoms with E-state index in [-0.39, 0.29) is 24.8 Å². The summed E-state index contributed by atoms with van der Waals surface area (Å²) < 4.78 is 10.6. The first kappa shape index (κ1) is 16.0. The minimum Gasteiger partial charge on any atom is -0.480 e. The predicted molar refractivity (Wildman–Crippen MR) is 75.2 cm³/mol. The molecule has 0 aromatic carbocycles. The second kappa shape index (κ2) is 7.61. The van der Waals surface area contributed by atoms with Gasteiger partial charge in [0.05, 0.1) is 6.10 Å². The first-order chi connectivity index (χ1) is 10.1. The molecule has 0 aliphatic carbocycles. The summed E-state index contributed by atoms with van der Waals surface area (Å²) >= 11 is 0. The monoisotopic (exact) mass is 300 g/mol. The molecule has 0 saturated carbocycles. The van der Waals surface area contributed by atoms with E-state index >= 15 is 0 Å². The molecule has 2 heterocycles. The number of aliphatic carboxylic acids is 1. The zero-order chi connectivity index (χ0) is 15.2. The third kappa shape index (κ3) is 4.57. The number of hydrogen-bond acceptors (Lipinski definition) is 4. The summed E-state index contributed by atoms with van der Waals surface area (Å²) in [6.07, 6.45) is 3.11. The Morgan fingerprint density at radius 3 is 2.43 bits per heavy atom. The van der Waals surface area contributed by atoms with Crippen molar-refractivity contribution in [1.29, 1.82) is 0 Å². The second-order valence-electron chi connectivity index (χ2n) is 5.63. The smallest absolute Gasteiger partial charge is 0.329 e. The molecule has 21 heavy (non-hydrogen) atoms. The molecule has 2 aliphatic rings. The van der Waals surface area contributed by atoms with Crippen molar-refractivity contribution >= 4 is 12.0 Å². The average Bonchev–Trinajstić information content (AvgIpc) is 2.53. The molecule has 2 rings (SSSR count). The fraction of sp³-hybridized carbons (Fsp3) is 0.857. The van der Waals surface area contributed by atoms with Gasteiger partial charge in [0.15, 0.2) is 0 Å². The van der Waals surface area contributed by atoms with Crippen molar-refractivity contribution in [2.24, 2.45) is 0 Å². The van der Waals surface area contributed by atoms with Gasteiger partial charge in [-0.2, -0.15) is 0 Å². The van der Waals surface area contributed by atoms with E-state index < -0.39 is 5.97 Å². The maximum atomic E-state index is 12.4. The Morgan fingerprint density at radius 1 is 1.24 bits per heavy atom. The molecular formula is C14H24N2O5. The highest BCUT2D eigenvalue weighted by Crippen LogP contribution is 2.18. The zero-order valence-electron chi connectivity index (χ0n) is 12.5. The molecule has 0 spiro atoms. The van der Waals surface area contributed by atoms with Crippen LogP contribution in [0.3, 0.4) is 0 Å². The Morgan fingerprint density at radius 2 is 1.86 bits per heavy atom. The van der Waals surface area contributed by atoms with Crippen molar-refractivity contribution in [1.82, 2.24) is 9.80 Å². The van der Waals surface area contributed by atoms with Gasteiger partial charge in [0, 0.05) is 39.4 Å². The van der Waals surface area contributed by atoms with Crippen LogP contribution in [0.25, 0.3) is 0 Å². The molecule has 0 radical (unpaired) electrons. The first-order valence-electron chi connectivity index (χ1n) is 7.51. The molecule has 120 valence electrons. The highest BCUT2D eigenvalue weighted by molar-refractivity contribution is 5.74. The van der Waals surface area contributed by atoms with Crippen LogP contribution in [-0.2, 0) is 14.3 Å². The molecule has 0 unspecified atom stereocenters. The number of amides is 2. The van der Waals surface area contributed by atoms with Gasteiger partial charge in [0.25, 0.3) is 0 Å². The van der Waals surface area contributed by atoms with Crippen molar-refractivity contribution in [3.8, 4) is 0 Å². The number of carboxylic acids is 1. The molecule has 0 atom stereocenters. The van der Waals surface area contributed by atoms with Gasteiger partial charge in [-0.1, -0.05) is 0 Å². The van der Waals surface area contributed by atoms with Gasteiger partial charge in [0.1, 0.15) is 6.61 Å². The van der Waals surface area contributed by atoms with Crippen LogP contribution in [0.2, 0.25) is 0 Å². The predicted octanol–water partition coefficient (Wildman–Crippen LogP) is 0.783. The van der Waals surface area contributed by atoms with Crippen molar-refractivity contribution in [2.45, 2.75) is 37.8 Å². The maximum Gasteiger partial charge on any atom is 0.329 e. The molecule has 2 aliphatic heterocycles. The van der Waals surface area contributed by atoms with E-state index in [0.29, 0.717) is 39.1 Å². The lowest BCUT2D eigenvalue weighted by atomic mass is 10.1. The summed E-state index contributed by atoms with van der Waals surface area (Å²) in [5.41, 5.74) is 0. The summed E-state index contributed by atoms with van der Waals surface area (Å²) in [6, 6.07) is 0.311. The van der Waals surface area contributed by atoms with E-state index in [9.17, 15) is 9.59 Å². The minimum atomic E-state index is -0.951. The van der Waals surface area contributed by atoms with E-state index in [1.165, 1.54) is 0 Å². The first-order valence-corrected chi connectivity index (χ1v) is 7.51. The molecule has 7 nitrogen and oxygen atoms in total. The molecule has 2 fully saturated rings. The molecule has 0 aromatic heterocycles. The number of hydrogen-bond donors (Lipinski definition) is 1. The molecule has 0 bridgehead atoms. The number of ether oxygens (including phenoxy) is 2. The van der Waals surface area contributed by atoms with Crippen molar-refractivity contribution in [3.63, 3.8) is 0 Å². The van der Waals surface area contributed by atoms with E-state index in [0.717, 1.165) is 12.8 Å². The van der Waals surface area contributed by atoms with E-state index in [4.69, 9.17) is 14.6 Å². The van der Waals surface area contributed by atoms with Crippen molar-refractivity contribution in [3.05, 3.63) is 0 Å². The van der Waals surface area contributed by atoms with Crippen LogP contribution in [0.15, 0.2) is 0 Å². The molecule has 1 N–H and O–H groups in total. The Hall–Kier alpha value is -1.34. The Labute approximate surface area is 124 Å². The molecule has 2 amide bonds. The number of carbonyl (C=O) groups excluding carboxylic acids is 1. The quantitative estimate of drug-likeness (QED) is 0.830. The lowest BCUT2D eigenvalue weighted by molar-refractivity contribution is -0.145. The standard InChI is InChI=1S/C14H24N2O5/c1-15(11-4-8-20-9-5-11)14(19)16-6-2-12(3-7-16)21-10-13(17)18/h11-12H,2-10H2,1H3,(H,17,18). The highest BCUT2D eigenvalue weighted by atomic mass is 16.5. The number of urea groups is 1. The van der Waals surface area contributed by atoms with Crippen LogP contribution >= 0.6 is 0 Å². The number of carbonyl (C=O) groups is 2. The summed E-state index contributed by atoms with van der Waals surface area (Å²) in [6.45, 7) is 2.41. The van der Waals surface area contributed by atoms with Crippen LogP contribution in [-0.4, -0.2) is 79.0 Å². The topological polar surface area (TPSA) is 79.3 Å². The number of carboxylic acid groups (broad SMARTS) is 1. The van der Waals surface area contributed by atoms with E-state index in [1.807, 2.05) is 16.8 Å². The summed E-state index contributed by atoms with van der Waals surface area (Å²) in [5.74, 6) is -0.951. The fourth-order valence-electron chi connectivity index (χ4n) is 2.85. The molecule has 7 heteroatoms. The van der Waals surface area contributed by atoms with Gasteiger partial charge >= 0.3 is 12.0 Å². The van der Waals surface area contributed by atoms with Gasteiger partial charge in [-0.15, -0.1) is 0 Å². The SMILES string of the molecule is CN(C(=O)N1CCC(OCC(=O)O)CC1)C1CCOCC1. The number of piperidine rings is 1. The Bertz CT molecular complexity index is 362. The lowest BCUT2D eigenvalue weighted by Crippen LogP contribution is -2.50. The maximum absolute atomic E-state index is 12.4. The third-order valence-electron chi connectivity index (χ3n) is 4.20.